The van der Waals surface area contributed by atoms with Crippen LogP contribution in [0.5, 0.6) is 11.5 Å². The van der Waals surface area contributed by atoms with Crippen LogP contribution in [0.15, 0.2) is 54.2 Å². The van der Waals surface area contributed by atoms with E-state index in [1.54, 1.807) is 31.5 Å². The molecule has 2 aromatic carbocycles. The first-order chi connectivity index (χ1) is 17.0. The molecule has 35 heavy (non-hydrogen) atoms. The summed E-state index contributed by atoms with van der Waals surface area (Å²) < 4.78 is 16.5. The molecule has 0 aliphatic carbocycles. The second-order valence-corrected chi connectivity index (χ2v) is 8.15. The van der Waals surface area contributed by atoms with Crippen molar-refractivity contribution in [2.45, 2.75) is 26.3 Å². The Kier molecular flexibility index (Phi) is 7.41. The largest absolute Gasteiger partial charge is 0.507 e. The molecule has 3 aromatic rings. The predicted molar refractivity (Wildman–Crippen MR) is 133 cm³/mol. The van der Waals surface area contributed by atoms with Crippen molar-refractivity contribution in [2.24, 2.45) is 0 Å². The minimum atomic E-state index is -0.760. The summed E-state index contributed by atoms with van der Waals surface area (Å²) in [6.07, 6.45) is 2.34. The molecule has 0 bridgehead atoms. The van der Waals surface area contributed by atoms with Crippen molar-refractivity contribution in [1.82, 2.24) is 9.88 Å². The van der Waals surface area contributed by atoms with Gasteiger partial charge in [0.05, 0.1) is 30.4 Å². The van der Waals surface area contributed by atoms with Crippen LogP contribution >= 0.6 is 0 Å². The number of methoxy groups -OCH3 is 1. The van der Waals surface area contributed by atoms with Crippen LogP contribution in [0.1, 0.15) is 37.4 Å². The molecule has 1 aromatic heterocycles. The number of aromatic amines is 1. The first-order valence-electron chi connectivity index (χ1n) is 11.7. The minimum absolute atomic E-state index is 0.0299. The van der Waals surface area contributed by atoms with Crippen LogP contribution in [0.2, 0.25) is 0 Å². The highest BCUT2D eigenvalue weighted by Gasteiger charge is 2.46. The number of aromatic nitrogens is 1. The highest BCUT2D eigenvalue weighted by atomic mass is 16.5. The lowest BCUT2D eigenvalue weighted by Gasteiger charge is -2.25. The first kappa shape index (κ1) is 24.3. The molecule has 1 fully saturated rings. The number of nitrogens with zero attached hydrogens (tertiary/aromatic N) is 1. The summed E-state index contributed by atoms with van der Waals surface area (Å²) in [5.41, 5.74) is 1.97. The molecule has 0 saturated carbocycles. The van der Waals surface area contributed by atoms with Crippen molar-refractivity contribution in [1.29, 1.82) is 0 Å². The fourth-order valence-electron chi connectivity index (χ4n) is 4.51. The number of hydrogen-bond acceptors (Lipinski definition) is 6. The second-order valence-electron chi connectivity index (χ2n) is 8.15. The number of hydrogen-bond donors (Lipinski definition) is 2. The van der Waals surface area contributed by atoms with Gasteiger partial charge < -0.3 is 29.2 Å². The number of ether oxygens (including phenoxy) is 3. The van der Waals surface area contributed by atoms with Crippen LogP contribution in [0.3, 0.4) is 0 Å². The summed E-state index contributed by atoms with van der Waals surface area (Å²) >= 11 is 0. The summed E-state index contributed by atoms with van der Waals surface area (Å²) in [7, 11) is 1.59. The number of Topliss-reactive ketones (excluding diaryl/α,β-unsaturated/α-hetero) is 1. The van der Waals surface area contributed by atoms with Crippen LogP contribution in [0.4, 0.5) is 0 Å². The summed E-state index contributed by atoms with van der Waals surface area (Å²) in [6.45, 7) is 5.29. The van der Waals surface area contributed by atoms with Crippen molar-refractivity contribution in [3.8, 4) is 11.5 Å². The summed E-state index contributed by atoms with van der Waals surface area (Å²) in [6, 6.07) is 11.9. The SMILES string of the molecule is CCOc1ccc(/C(O)=C2\C(=O)C(=O)N(CCCOC)C2c2c[nH]c3ccccc23)c(OCC)c1. The fourth-order valence-corrected chi connectivity index (χ4v) is 4.51. The molecule has 8 nitrogen and oxygen atoms in total. The van der Waals surface area contributed by atoms with E-state index in [4.69, 9.17) is 14.2 Å². The van der Waals surface area contributed by atoms with Crippen molar-refractivity contribution < 1.29 is 28.9 Å². The third-order valence-corrected chi connectivity index (χ3v) is 6.02. The number of likely N-dealkylation sites (tertiary alicyclic amines) is 1. The van der Waals surface area contributed by atoms with Gasteiger partial charge >= 0.3 is 0 Å². The van der Waals surface area contributed by atoms with Gasteiger partial charge in [-0.3, -0.25) is 9.59 Å². The monoisotopic (exact) mass is 478 g/mol. The van der Waals surface area contributed by atoms with Gasteiger partial charge in [-0.2, -0.15) is 0 Å². The van der Waals surface area contributed by atoms with E-state index in [1.807, 2.05) is 38.1 Å². The molecule has 2 N–H and O–H groups in total. The number of para-hydroxylation sites is 1. The fraction of sp³-hybridized carbons (Fsp3) is 0.333. The number of nitrogens with one attached hydrogen (secondary N) is 1. The summed E-state index contributed by atoms with van der Waals surface area (Å²) in [4.78, 5) is 31.2. The molecule has 2 heterocycles. The van der Waals surface area contributed by atoms with Gasteiger partial charge in [-0.05, 0) is 38.5 Å². The highest BCUT2D eigenvalue weighted by Crippen LogP contribution is 2.43. The number of rotatable bonds is 10. The van der Waals surface area contributed by atoms with Crippen LogP contribution in [-0.2, 0) is 14.3 Å². The van der Waals surface area contributed by atoms with Crippen LogP contribution in [0, 0.1) is 0 Å². The Morgan fingerprint density at radius 1 is 1.09 bits per heavy atom. The molecule has 4 rings (SSSR count). The van der Waals surface area contributed by atoms with Crippen molar-refractivity contribution in [2.75, 3.05) is 33.5 Å². The van der Waals surface area contributed by atoms with Gasteiger partial charge in [-0.15, -0.1) is 0 Å². The van der Waals surface area contributed by atoms with E-state index in [2.05, 4.69) is 4.98 Å². The van der Waals surface area contributed by atoms with Crippen LogP contribution in [0.25, 0.3) is 16.7 Å². The molecule has 1 saturated heterocycles. The predicted octanol–water partition coefficient (Wildman–Crippen LogP) is 4.42. The maximum absolute atomic E-state index is 13.3. The Labute approximate surface area is 204 Å². The number of carbonyl (C=O) groups excluding carboxylic acids is 2. The molecule has 0 spiro atoms. The molecule has 8 heteroatoms. The molecule has 1 atom stereocenters. The molecule has 1 unspecified atom stereocenters. The van der Waals surface area contributed by atoms with E-state index in [9.17, 15) is 14.7 Å². The van der Waals surface area contributed by atoms with Crippen molar-refractivity contribution in [3.63, 3.8) is 0 Å². The lowest BCUT2D eigenvalue weighted by Crippen LogP contribution is -2.31. The normalized spacial score (nSPS) is 17.3. The highest BCUT2D eigenvalue weighted by molar-refractivity contribution is 6.46. The number of aliphatic hydroxyl groups excluding tert-OH is 1. The van der Waals surface area contributed by atoms with Gasteiger partial charge in [-0.25, -0.2) is 0 Å². The molecule has 1 aliphatic rings. The van der Waals surface area contributed by atoms with E-state index in [1.165, 1.54) is 4.90 Å². The Bertz CT molecular complexity index is 1260. The van der Waals surface area contributed by atoms with Gasteiger partial charge in [0.2, 0.25) is 0 Å². The number of carbonyl (C=O) groups is 2. The zero-order valence-electron chi connectivity index (χ0n) is 20.2. The number of amides is 1. The van der Waals surface area contributed by atoms with Gasteiger partial charge in [0.15, 0.2) is 0 Å². The lowest BCUT2D eigenvalue weighted by molar-refractivity contribution is -0.140. The Morgan fingerprint density at radius 3 is 2.60 bits per heavy atom. The van der Waals surface area contributed by atoms with E-state index < -0.39 is 17.7 Å². The molecule has 1 aliphatic heterocycles. The van der Waals surface area contributed by atoms with Gasteiger partial charge in [-0.1, -0.05) is 18.2 Å². The minimum Gasteiger partial charge on any atom is -0.507 e. The van der Waals surface area contributed by atoms with Gasteiger partial charge in [0.25, 0.3) is 11.7 Å². The Morgan fingerprint density at radius 2 is 1.86 bits per heavy atom. The zero-order valence-corrected chi connectivity index (χ0v) is 20.2. The van der Waals surface area contributed by atoms with E-state index in [0.29, 0.717) is 49.8 Å². The van der Waals surface area contributed by atoms with Crippen LogP contribution < -0.4 is 9.47 Å². The third-order valence-electron chi connectivity index (χ3n) is 6.02. The van der Waals surface area contributed by atoms with E-state index in [0.717, 1.165) is 16.5 Å². The maximum Gasteiger partial charge on any atom is 0.295 e. The Hall–Kier alpha value is -3.78. The van der Waals surface area contributed by atoms with Gasteiger partial charge in [0, 0.05) is 49.0 Å². The first-order valence-corrected chi connectivity index (χ1v) is 11.7. The average Bonchev–Trinajstić information content (AvgIpc) is 3.38. The number of ketones is 1. The molecule has 0 radical (unpaired) electrons. The lowest BCUT2D eigenvalue weighted by atomic mass is 9.94. The topological polar surface area (TPSA) is 101 Å². The average molecular weight is 479 g/mol. The van der Waals surface area contributed by atoms with Crippen molar-refractivity contribution in [3.05, 3.63) is 65.4 Å². The molecule has 184 valence electrons. The Balaban J connectivity index is 1.89. The van der Waals surface area contributed by atoms with E-state index >= 15 is 0 Å². The van der Waals surface area contributed by atoms with Gasteiger partial charge in [0.1, 0.15) is 17.3 Å². The summed E-state index contributed by atoms with van der Waals surface area (Å²) in [5, 5.41) is 12.4. The van der Waals surface area contributed by atoms with Crippen LogP contribution in [-0.4, -0.2) is 60.2 Å². The number of H-pyrrole nitrogens is 1. The quantitative estimate of drug-likeness (QED) is 0.194. The molecular formula is C27H30N2O6. The number of fused-ring (bicyclic) bond motifs is 1. The number of aliphatic hydroxyl groups is 1. The molecular weight excluding hydrogens is 448 g/mol. The standard InChI is InChI=1S/C27H30N2O6/c1-4-34-17-11-12-19(22(15-17)35-5-2)25(30)23-24(20-16-28-21-10-7-6-9-18(20)21)29(13-8-14-33-3)27(32)26(23)31/h6-7,9-12,15-16,24,28,30H,4-5,8,13-14H2,1-3H3/b25-23+. The molecule has 1 amide bonds. The second kappa shape index (κ2) is 10.7. The summed E-state index contributed by atoms with van der Waals surface area (Å²) in [5.74, 6) is -0.701. The maximum atomic E-state index is 13.3. The number of benzene rings is 2. The van der Waals surface area contributed by atoms with E-state index in [-0.39, 0.29) is 11.3 Å². The third kappa shape index (κ3) is 4.61. The smallest absolute Gasteiger partial charge is 0.295 e. The van der Waals surface area contributed by atoms with Crippen molar-refractivity contribution >= 4 is 28.4 Å². The zero-order chi connectivity index (χ0) is 24.9.